The van der Waals surface area contributed by atoms with Crippen LogP contribution in [0.2, 0.25) is 0 Å². The second kappa shape index (κ2) is 4.99. The van der Waals surface area contributed by atoms with Crippen LogP contribution in [0.5, 0.6) is 5.75 Å². The number of aliphatic carboxylic acids is 1. The topological polar surface area (TPSA) is 79.1 Å². The van der Waals surface area contributed by atoms with Crippen LogP contribution < -0.4 is 4.74 Å². The number of oxime groups is 1. The Morgan fingerprint density at radius 3 is 2.73 bits per heavy atom. The fourth-order valence-corrected chi connectivity index (χ4v) is 1.08. The number of hydrogen-bond donors (Lipinski definition) is 2. The molecule has 5 heteroatoms. The monoisotopic (exact) mass is 209 g/mol. The number of hydrogen-bond acceptors (Lipinski definition) is 4. The van der Waals surface area contributed by atoms with Crippen LogP contribution in [0, 0.1) is 0 Å². The Kier molecular flexibility index (Phi) is 3.68. The van der Waals surface area contributed by atoms with E-state index >= 15 is 0 Å². The summed E-state index contributed by atoms with van der Waals surface area (Å²) in [7, 11) is 0. The molecule has 0 aliphatic rings. The van der Waals surface area contributed by atoms with Gasteiger partial charge in [0.25, 0.3) is 0 Å². The third-order valence-electron chi connectivity index (χ3n) is 1.78. The van der Waals surface area contributed by atoms with Gasteiger partial charge in [-0.25, -0.2) is 4.79 Å². The summed E-state index contributed by atoms with van der Waals surface area (Å²) in [4.78, 5) is 10.3. The summed E-state index contributed by atoms with van der Waals surface area (Å²) < 4.78 is 5.03. The van der Waals surface area contributed by atoms with Crippen LogP contribution in [0.1, 0.15) is 12.5 Å². The molecule has 0 spiro atoms. The number of carbonyl (C=O) groups is 1. The molecule has 0 aliphatic heterocycles. The van der Waals surface area contributed by atoms with Crippen LogP contribution in [-0.4, -0.2) is 28.6 Å². The standard InChI is InChI=1S/C10H11NO4/c1-7(11-14)8-4-2-3-5-9(8)15-6-10(12)13/h2-5,14H,6H2,1H3,(H,12,13). The molecule has 1 aromatic carbocycles. The second-order valence-electron chi connectivity index (χ2n) is 2.86. The number of rotatable bonds is 4. The lowest BCUT2D eigenvalue weighted by Gasteiger charge is -2.08. The van der Waals surface area contributed by atoms with Crippen molar-refractivity contribution in [3.8, 4) is 5.75 Å². The maximum absolute atomic E-state index is 10.3. The molecule has 0 heterocycles. The lowest BCUT2D eigenvalue weighted by Crippen LogP contribution is -2.11. The molecule has 0 unspecified atom stereocenters. The van der Waals surface area contributed by atoms with Crippen molar-refractivity contribution in [1.29, 1.82) is 0 Å². The molecule has 0 fully saturated rings. The second-order valence-corrected chi connectivity index (χ2v) is 2.86. The number of nitrogens with zero attached hydrogens (tertiary/aromatic N) is 1. The van der Waals surface area contributed by atoms with Gasteiger partial charge in [0.1, 0.15) is 5.75 Å². The van der Waals surface area contributed by atoms with Gasteiger partial charge in [0, 0.05) is 5.56 Å². The molecule has 5 nitrogen and oxygen atoms in total. The SMILES string of the molecule is CC(=NO)c1ccccc1OCC(=O)O. The van der Waals surface area contributed by atoms with E-state index in [0.717, 1.165) is 0 Å². The molecule has 0 aliphatic carbocycles. The van der Waals surface area contributed by atoms with Crippen LogP contribution in [0.15, 0.2) is 29.4 Å². The van der Waals surface area contributed by atoms with Gasteiger partial charge in [-0.3, -0.25) is 0 Å². The minimum Gasteiger partial charge on any atom is -0.481 e. The Labute approximate surface area is 86.6 Å². The van der Waals surface area contributed by atoms with Crippen molar-refractivity contribution in [2.24, 2.45) is 5.16 Å². The molecule has 15 heavy (non-hydrogen) atoms. The summed E-state index contributed by atoms with van der Waals surface area (Å²) in [5.74, 6) is -0.668. The van der Waals surface area contributed by atoms with E-state index in [1.54, 1.807) is 31.2 Å². The zero-order valence-corrected chi connectivity index (χ0v) is 8.17. The highest BCUT2D eigenvalue weighted by Gasteiger charge is 2.07. The van der Waals surface area contributed by atoms with Crippen molar-refractivity contribution >= 4 is 11.7 Å². The van der Waals surface area contributed by atoms with Gasteiger partial charge in [-0.1, -0.05) is 17.3 Å². The fourth-order valence-electron chi connectivity index (χ4n) is 1.08. The van der Waals surface area contributed by atoms with E-state index in [9.17, 15) is 4.79 Å². The van der Waals surface area contributed by atoms with Crippen molar-refractivity contribution in [3.63, 3.8) is 0 Å². The van der Waals surface area contributed by atoms with Crippen molar-refractivity contribution < 1.29 is 19.8 Å². The molecule has 80 valence electrons. The van der Waals surface area contributed by atoms with Crippen molar-refractivity contribution in [3.05, 3.63) is 29.8 Å². The minimum absolute atomic E-state index is 0.371. The normalized spacial score (nSPS) is 11.1. The van der Waals surface area contributed by atoms with E-state index in [1.165, 1.54) is 0 Å². The molecular formula is C10H11NO4. The van der Waals surface area contributed by atoms with Gasteiger partial charge < -0.3 is 15.1 Å². The van der Waals surface area contributed by atoms with Crippen LogP contribution in [0.3, 0.4) is 0 Å². The average Bonchev–Trinajstić information content (AvgIpc) is 2.25. The van der Waals surface area contributed by atoms with Crippen LogP contribution in [0.4, 0.5) is 0 Å². The number of carboxylic acids is 1. The van der Waals surface area contributed by atoms with Gasteiger partial charge in [0.05, 0.1) is 5.71 Å². The Hall–Kier alpha value is -2.04. The third kappa shape index (κ3) is 2.98. The highest BCUT2D eigenvalue weighted by molar-refractivity contribution is 6.00. The number of ether oxygens (including phenoxy) is 1. The molecule has 0 amide bonds. The average molecular weight is 209 g/mol. The summed E-state index contributed by atoms with van der Waals surface area (Å²) in [6.45, 7) is 1.18. The summed E-state index contributed by atoms with van der Waals surface area (Å²) in [6, 6.07) is 6.77. The van der Waals surface area contributed by atoms with Crippen molar-refractivity contribution in [2.75, 3.05) is 6.61 Å². The first-order chi connectivity index (χ1) is 7.15. The first-order valence-corrected chi connectivity index (χ1v) is 4.28. The highest BCUT2D eigenvalue weighted by Crippen LogP contribution is 2.18. The molecule has 0 radical (unpaired) electrons. The molecule has 0 saturated carbocycles. The maximum atomic E-state index is 10.3. The molecule has 0 saturated heterocycles. The Morgan fingerprint density at radius 1 is 1.47 bits per heavy atom. The molecule has 0 bridgehead atoms. The Bertz CT molecular complexity index is 387. The van der Waals surface area contributed by atoms with Gasteiger partial charge in [-0.2, -0.15) is 0 Å². The number of benzene rings is 1. The molecule has 0 aromatic heterocycles. The van der Waals surface area contributed by atoms with E-state index in [4.69, 9.17) is 15.1 Å². The van der Waals surface area contributed by atoms with E-state index in [1.807, 2.05) is 0 Å². The zero-order valence-electron chi connectivity index (χ0n) is 8.17. The van der Waals surface area contributed by atoms with Crippen molar-refractivity contribution in [1.82, 2.24) is 0 Å². The lowest BCUT2D eigenvalue weighted by atomic mass is 10.1. The molecule has 1 aromatic rings. The molecule has 2 N–H and O–H groups in total. The Balaban J connectivity index is 2.91. The zero-order chi connectivity index (χ0) is 11.3. The van der Waals surface area contributed by atoms with E-state index in [2.05, 4.69) is 5.16 Å². The van der Waals surface area contributed by atoms with Gasteiger partial charge in [-0.05, 0) is 19.1 Å². The predicted molar refractivity (Wildman–Crippen MR) is 53.6 cm³/mol. The summed E-state index contributed by atoms with van der Waals surface area (Å²) in [5.41, 5.74) is 0.942. The molecule has 1 rings (SSSR count). The smallest absolute Gasteiger partial charge is 0.341 e. The maximum Gasteiger partial charge on any atom is 0.341 e. The molecular weight excluding hydrogens is 198 g/mol. The number of carboxylic acid groups (broad SMARTS) is 1. The fraction of sp³-hybridized carbons (Fsp3) is 0.200. The van der Waals surface area contributed by atoms with Gasteiger partial charge >= 0.3 is 5.97 Å². The summed E-state index contributed by atoms with van der Waals surface area (Å²) >= 11 is 0. The molecule has 0 atom stereocenters. The van der Waals surface area contributed by atoms with Gasteiger partial charge in [0.2, 0.25) is 0 Å². The van der Waals surface area contributed by atoms with Gasteiger partial charge in [0.15, 0.2) is 6.61 Å². The summed E-state index contributed by atoms with van der Waals surface area (Å²) in [6.07, 6.45) is 0. The van der Waals surface area contributed by atoms with Gasteiger partial charge in [-0.15, -0.1) is 0 Å². The first-order valence-electron chi connectivity index (χ1n) is 4.28. The van der Waals surface area contributed by atoms with Crippen LogP contribution in [-0.2, 0) is 4.79 Å². The van der Waals surface area contributed by atoms with Crippen LogP contribution >= 0.6 is 0 Å². The predicted octanol–water partition coefficient (Wildman–Crippen LogP) is 1.35. The van der Waals surface area contributed by atoms with Crippen LogP contribution in [0.25, 0.3) is 0 Å². The van der Waals surface area contributed by atoms with Crippen molar-refractivity contribution in [2.45, 2.75) is 6.92 Å². The Morgan fingerprint density at radius 2 is 2.13 bits per heavy atom. The summed E-state index contributed by atoms with van der Waals surface area (Å²) in [5, 5.41) is 20.1. The number of para-hydroxylation sites is 1. The largest absolute Gasteiger partial charge is 0.481 e. The van der Waals surface area contributed by atoms with E-state index in [0.29, 0.717) is 17.0 Å². The third-order valence-corrected chi connectivity index (χ3v) is 1.78. The quantitative estimate of drug-likeness (QED) is 0.445. The highest BCUT2D eigenvalue weighted by atomic mass is 16.5. The lowest BCUT2D eigenvalue weighted by molar-refractivity contribution is -0.139. The minimum atomic E-state index is -1.05. The van der Waals surface area contributed by atoms with E-state index in [-0.39, 0.29) is 0 Å². The van der Waals surface area contributed by atoms with E-state index < -0.39 is 12.6 Å². The first kappa shape index (κ1) is 11.0.